The molecule has 0 bridgehead atoms. The summed E-state index contributed by atoms with van der Waals surface area (Å²) in [6.07, 6.45) is 0. The molecule has 0 aromatic heterocycles. The molecule has 79 valence electrons. The van der Waals surface area contributed by atoms with Crippen molar-refractivity contribution in [1.29, 1.82) is 0 Å². The summed E-state index contributed by atoms with van der Waals surface area (Å²) in [5.74, 6) is 0. The molecule has 0 aliphatic heterocycles. The van der Waals surface area contributed by atoms with Crippen molar-refractivity contribution in [3.05, 3.63) is 30.3 Å². The van der Waals surface area contributed by atoms with Crippen LogP contribution in [0, 0.1) is 0 Å². The second kappa shape index (κ2) is 6.72. The van der Waals surface area contributed by atoms with E-state index >= 15 is 0 Å². The van der Waals surface area contributed by atoms with Crippen LogP contribution in [0.2, 0.25) is 13.4 Å². The summed E-state index contributed by atoms with van der Waals surface area (Å²) in [5, 5.41) is 0.0648. The number of hydrogen-bond donors (Lipinski definition) is 2. The Labute approximate surface area is 93.5 Å². The Morgan fingerprint density at radius 1 is 1.07 bits per heavy atom. The Hall–Kier alpha value is 0.292. The van der Waals surface area contributed by atoms with Gasteiger partial charge in [-0.2, -0.15) is 0 Å². The number of rotatable bonds is 1. The summed E-state index contributed by atoms with van der Waals surface area (Å²) in [5.41, 5.74) is 0. The zero-order chi connectivity index (χ0) is 11.2. The SMILES string of the molecule is O=P(O)(O)c1ccccc1.[CH3][Pb]([CH3])[CH3]. The van der Waals surface area contributed by atoms with E-state index in [0.29, 0.717) is 0 Å². The molecule has 3 nitrogen and oxygen atoms in total. The monoisotopic (exact) mass is 411 g/mol. The molecule has 0 saturated carbocycles. The average molecular weight is 410 g/mol. The van der Waals surface area contributed by atoms with Crippen LogP contribution in [0.1, 0.15) is 0 Å². The maximum absolute atomic E-state index is 10.5. The standard InChI is InChI=1S/C6H7O3P.3CH3.Pb/c7-10(8,9)6-4-2-1-3-5-6;;;;/h1-5H,(H2,7,8,9);3*1H3;. The molecule has 0 fully saturated rings. The van der Waals surface area contributed by atoms with Crippen molar-refractivity contribution in [3.63, 3.8) is 0 Å². The molecule has 2 N–H and O–H groups in total. The second-order valence-electron chi connectivity index (χ2n) is 3.38. The predicted molar refractivity (Wildman–Crippen MR) is 61.5 cm³/mol. The summed E-state index contributed by atoms with van der Waals surface area (Å²) in [4.78, 5) is 17.2. The van der Waals surface area contributed by atoms with E-state index in [1.807, 2.05) is 0 Å². The van der Waals surface area contributed by atoms with Crippen LogP contribution in [0.3, 0.4) is 0 Å². The van der Waals surface area contributed by atoms with Gasteiger partial charge in [0.25, 0.3) is 0 Å². The van der Waals surface area contributed by atoms with Crippen molar-refractivity contribution < 1.29 is 14.4 Å². The molecule has 5 heteroatoms. The van der Waals surface area contributed by atoms with Crippen LogP contribution in [0.4, 0.5) is 0 Å². The first-order chi connectivity index (χ1) is 6.34. The topological polar surface area (TPSA) is 57.5 Å². The summed E-state index contributed by atoms with van der Waals surface area (Å²) >= 11 is -0.657. The molecule has 0 atom stereocenters. The number of hydrogen-bond acceptors (Lipinski definition) is 1. The van der Waals surface area contributed by atoms with E-state index in [0.717, 1.165) is 0 Å². The molecule has 14 heavy (non-hydrogen) atoms. The molecule has 0 aliphatic carbocycles. The van der Waals surface area contributed by atoms with Gasteiger partial charge in [0, 0.05) is 0 Å². The zero-order valence-corrected chi connectivity index (χ0v) is 13.4. The van der Waals surface area contributed by atoms with E-state index in [9.17, 15) is 4.57 Å². The quantitative estimate of drug-likeness (QED) is 0.549. The van der Waals surface area contributed by atoms with E-state index in [4.69, 9.17) is 9.79 Å². The third kappa shape index (κ3) is 7.67. The molecule has 1 radical (unpaired) electrons. The predicted octanol–water partition coefficient (Wildman–Crippen LogP) is 1.86. The summed E-state index contributed by atoms with van der Waals surface area (Å²) in [6.45, 7) is 0. The van der Waals surface area contributed by atoms with Crippen LogP contribution >= 0.6 is 7.60 Å². The Kier molecular flexibility index (Phi) is 6.86. The fourth-order valence-electron chi connectivity index (χ4n) is 0.622. The van der Waals surface area contributed by atoms with Gasteiger partial charge in [-0.1, -0.05) is 18.2 Å². The molecule has 0 saturated heterocycles. The average Bonchev–Trinajstić information content (AvgIpc) is 2.03. The third-order valence-corrected chi connectivity index (χ3v) is 2.06. The van der Waals surface area contributed by atoms with Gasteiger partial charge in [-0.15, -0.1) is 0 Å². The molecule has 0 amide bonds. The molecule has 0 aliphatic rings. The Morgan fingerprint density at radius 3 is 1.64 bits per heavy atom. The molecule has 0 heterocycles. The Balaban J connectivity index is 0.000000364. The van der Waals surface area contributed by atoms with E-state index in [-0.39, 0.29) is 5.30 Å². The summed E-state index contributed by atoms with van der Waals surface area (Å²) in [7, 11) is -4.02. The first-order valence-corrected chi connectivity index (χ1v) is 17.5. The van der Waals surface area contributed by atoms with Gasteiger partial charge in [0.1, 0.15) is 0 Å². The van der Waals surface area contributed by atoms with Gasteiger partial charge in [0.15, 0.2) is 0 Å². The van der Waals surface area contributed by atoms with Gasteiger partial charge in [0.05, 0.1) is 5.30 Å². The third-order valence-electron chi connectivity index (χ3n) is 1.09. The van der Waals surface area contributed by atoms with Gasteiger partial charge in [-0.05, 0) is 12.1 Å². The summed E-state index contributed by atoms with van der Waals surface area (Å²) in [6, 6.07) is 7.70. The van der Waals surface area contributed by atoms with Crippen LogP contribution in [0.25, 0.3) is 0 Å². The molecule has 0 unspecified atom stereocenters. The van der Waals surface area contributed by atoms with Crippen LogP contribution in [0.15, 0.2) is 30.3 Å². The first-order valence-electron chi connectivity index (χ1n) is 4.22. The van der Waals surface area contributed by atoms with Crippen molar-refractivity contribution >= 4 is 35.6 Å². The fraction of sp³-hybridized carbons (Fsp3) is 0.333. The van der Waals surface area contributed by atoms with Crippen LogP contribution < -0.4 is 5.30 Å². The molecule has 1 aromatic rings. The first kappa shape index (κ1) is 14.3. The van der Waals surface area contributed by atoms with E-state index in [1.165, 1.54) is 12.1 Å². The minimum atomic E-state index is -4.02. The van der Waals surface area contributed by atoms with Gasteiger partial charge < -0.3 is 9.79 Å². The van der Waals surface area contributed by atoms with Gasteiger partial charge in [0.2, 0.25) is 0 Å². The van der Waals surface area contributed by atoms with E-state index < -0.39 is 30.3 Å². The van der Waals surface area contributed by atoms with Crippen LogP contribution in [-0.2, 0) is 4.57 Å². The molecule has 1 rings (SSSR count). The number of benzene rings is 1. The minimum absolute atomic E-state index is 0.0648. The molecular formula is C9H16O3PPb. The molecular weight excluding hydrogens is 394 g/mol. The van der Waals surface area contributed by atoms with Crippen molar-refractivity contribution in [2.24, 2.45) is 0 Å². The van der Waals surface area contributed by atoms with Crippen LogP contribution in [0.5, 0.6) is 0 Å². The van der Waals surface area contributed by atoms with Gasteiger partial charge in [-0.25, -0.2) is 0 Å². The van der Waals surface area contributed by atoms with Crippen molar-refractivity contribution in [2.75, 3.05) is 0 Å². The molecule has 0 spiro atoms. The van der Waals surface area contributed by atoms with Gasteiger partial charge in [-0.3, -0.25) is 4.57 Å². The fourth-order valence-corrected chi connectivity index (χ4v) is 1.18. The summed E-state index contributed by atoms with van der Waals surface area (Å²) < 4.78 is 17.7. The molecule has 1 aromatic carbocycles. The van der Waals surface area contributed by atoms with Crippen molar-refractivity contribution in [3.8, 4) is 0 Å². The van der Waals surface area contributed by atoms with Gasteiger partial charge >= 0.3 is 43.7 Å². The zero-order valence-electron chi connectivity index (χ0n) is 8.64. The second-order valence-corrected chi connectivity index (χ2v) is 16.6. The van der Waals surface area contributed by atoms with Crippen LogP contribution in [-0.4, -0.2) is 32.5 Å². The van der Waals surface area contributed by atoms with E-state index in [2.05, 4.69) is 13.4 Å². The maximum atomic E-state index is 10.5. The van der Waals surface area contributed by atoms with Crippen molar-refractivity contribution in [2.45, 2.75) is 13.4 Å². The van der Waals surface area contributed by atoms with E-state index in [1.54, 1.807) is 18.2 Å². The van der Waals surface area contributed by atoms with Crippen molar-refractivity contribution in [1.82, 2.24) is 0 Å². The Morgan fingerprint density at radius 2 is 1.43 bits per heavy atom. The Bertz CT molecular complexity index is 291. The normalized spacial score (nSPS) is 10.7.